The number of nitrogen functional groups attached to an aromatic ring is 1. The monoisotopic (exact) mass is 280 g/mol. The van der Waals surface area contributed by atoms with Gasteiger partial charge in [-0.25, -0.2) is 20.5 Å². The summed E-state index contributed by atoms with van der Waals surface area (Å²) in [5, 5.41) is 4.95. The molecule has 0 spiro atoms. The van der Waals surface area contributed by atoms with Crippen LogP contribution in [0.4, 0.5) is 5.82 Å². The highest BCUT2D eigenvalue weighted by atomic mass is 35.5. The van der Waals surface area contributed by atoms with Gasteiger partial charge >= 0.3 is 0 Å². The Morgan fingerprint density at radius 1 is 1.37 bits per heavy atom. The fourth-order valence-electron chi connectivity index (χ4n) is 1.80. The Balaban J connectivity index is 2.57. The zero-order valence-corrected chi connectivity index (χ0v) is 12.0. The lowest BCUT2D eigenvalue weighted by molar-refractivity contribution is 0.772. The number of hydrogen-bond donors (Lipinski definition) is 2. The van der Waals surface area contributed by atoms with Crippen LogP contribution < -0.4 is 11.3 Å². The molecule has 0 radical (unpaired) electrons. The summed E-state index contributed by atoms with van der Waals surface area (Å²) >= 11 is 6.04. The van der Waals surface area contributed by atoms with Gasteiger partial charge in [0.2, 0.25) is 0 Å². The van der Waals surface area contributed by atoms with E-state index in [0.717, 1.165) is 29.9 Å². The molecule has 19 heavy (non-hydrogen) atoms. The van der Waals surface area contributed by atoms with Gasteiger partial charge in [0.15, 0.2) is 5.82 Å². The van der Waals surface area contributed by atoms with E-state index < -0.39 is 0 Å². The van der Waals surface area contributed by atoms with Crippen molar-refractivity contribution in [1.29, 1.82) is 0 Å². The Bertz CT molecular complexity index is 573. The van der Waals surface area contributed by atoms with Crippen molar-refractivity contribution < 1.29 is 0 Å². The maximum atomic E-state index is 6.04. The van der Waals surface area contributed by atoms with Gasteiger partial charge in [0, 0.05) is 12.0 Å². The summed E-state index contributed by atoms with van der Waals surface area (Å²) in [4.78, 5) is 8.91. The molecular formula is C12H17ClN6. The van der Waals surface area contributed by atoms with Crippen molar-refractivity contribution in [3.05, 3.63) is 28.3 Å². The summed E-state index contributed by atoms with van der Waals surface area (Å²) in [5.41, 5.74) is 4.20. The first-order valence-electron chi connectivity index (χ1n) is 6.13. The van der Waals surface area contributed by atoms with Crippen molar-refractivity contribution in [2.45, 2.75) is 33.6 Å². The van der Waals surface area contributed by atoms with E-state index in [0.29, 0.717) is 16.7 Å². The Labute approximate surface area is 117 Å². The predicted octanol–water partition coefficient (Wildman–Crippen LogP) is 2.17. The molecule has 0 atom stereocenters. The summed E-state index contributed by atoms with van der Waals surface area (Å²) in [7, 11) is 0. The lowest BCUT2D eigenvalue weighted by atomic mass is 10.2. The molecule has 0 saturated carbocycles. The highest BCUT2D eigenvalue weighted by molar-refractivity contribution is 6.31. The van der Waals surface area contributed by atoms with Crippen LogP contribution in [0, 0.1) is 13.8 Å². The van der Waals surface area contributed by atoms with Crippen LogP contribution in [0.5, 0.6) is 0 Å². The summed E-state index contributed by atoms with van der Waals surface area (Å²) in [5.74, 6) is 7.54. The van der Waals surface area contributed by atoms with E-state index >= 15 is 0 Å². The summed E-state index contributed by atoms with van der Waals surface area (Å²) in [6.45, 7) is 5.82. The number of anilines is 1. The minimum atomic E-state index is 0.609. The molecule has 2 aromatic rings. The quantitative estimate of drug-likeness (QED) is 0.663. The van der Waals surface area contributed by atoms with E-state index in [4.69, 9.17) is 17.4 Å². The molecule has 0 aliphatic carbocycles. The predicted molar refractivity (Wildman–Crippen MR) is 75.4 cm³/mol. The molecule has 0 unspecified atom stereocenters. The van der Waals surface area contributed by atoms with Gasteiger partial charge in [-0.1, -0.05) is 18.5 Å². The van der Waals surface area contributed by atoms with Gasteiger partial charge in [-0.3, -0.25) is 0 Å². The second-order valence-electron chi connectivity index (χ2n) is 4.34. The third-order valence-electron chi connectivity index (χ3n) is 2.83. The first kappa shape index (κ1) is 13.8. The molecule has 0 aliphatic rings. The van der Waals surface area contributed by atoms with E-state index in [2.05, 4.69) is 27.4 Å². The number of hydrogen-bond acceptors (Lipinski definition) is 5. The van der Waals surface area contributed by atoms with E-state index in [1.165, 1.54) is 0 Å². The van der Waals surface area contributed by atoms with Crippen LogP contribution in [0.2, 0.25) is 5.02 Å². The minimum absolute atomic E-state index is 0.609. The molecule has 0 saturated heterocycles. The van der Waals surface area contributed by atoms with Gasteiger partial charge in [0.05, 0.1) is 16.9 Å². The first-order valence-corrected chi connectivity index (χ1v) is 6.50. The van der Waals surface area contributed by atoms with Crippen molar-refractivity contribution in [2.24, 2.45) is 5.84 Å². The Hall–Kier alpha value is -1.66. The summed E-state index contributed by atoms with van der Waals surface area (Å²) < 4.78 is 1.66. The number of nitrogens with zero attached hydrogens (tertiary/aromatic N) is 4. The smallest absolute Gasteiger partial charge is 0.162 e. The number of nitrogens with one attached hydrogen (secondary N) is 1. The van der Waals surface area contributed by atoms with E-state index in [1.54, 1.807) is 10.9 Å². The molecule has 2 rings (SSSR count). The molecule has 2 heterocycles. The maximum Gasteiger partial charge on any atom is 0.162 e. The molecular weight excluding hydrogens is 264 g/mol. The summed E-state index contributed by atoms with van der Waals surface area (Å²) in [6.07, 6.45) is 3.49. The first-order chi connectivity index (χ1) is 9.06. The van der Waals surface area contributed by atoms with Crippen molar-refractivity contribution in [2.75, 3.05) is 5.43 Å². The molecule has 0 aromatic carbocycles. The standard InChI is InChI=1S/C12H17ClN6/c1-4-5-10-15-11(17-14)7(2)12(16-10)19-6-9(13)8(3)18-19/h6H,4-5,14H2,1-3H3,(H,15,16,17). The van der Waals surface area contributed by atoms with Gasteiger partial charge in [0.1, 0.15) is 11.6 Å². The molecule has 0 amide bonds. The number of halogens is 1. The van der Waals surface area contributed by atoms with Crippen LogP contribution in [0.15, 0.2) is 6.20 Å². The van der Waals surface area contributed by atoms with Gasteiger partial charge in [-0.15, -0.1) is 0 Å². The van der Waals surface area contributed by atoms with Crippen LogP contribution in [0.25, 0.3) is 5.82 Å². The average Bonchev–Trinajstić information content (AvgIpc) is 2.71. The molecule has 102 valence electrons. The molecule has 3 N–H and O–H groups in total. The lowest BCUT2D eigenvalue weighted by Gasteiger charge is -2.11. The topological polar surface area (TPSA) is 81.6 Å². The van der Waals surface area contributed by atoms with E-state index in [9.17, 15) is 0 Å². The normalized spacial score (nSPS) is 10.8. The zero-order valence-electron chi connectivity index (χ0n) is 11.2. The highest BCUT2D eigenvalue weighted by Crippen LogP contribution is 2.21. The van der Waals surface area contributed by atoms with Crippen molar-refractivity contribution in [3.63, 3.8) is 0 Å². The molecule has 6 nitrogen and oxygen atoms in total. The number of aryl methyl sites for hydroxylation is 2. The molecule has 0 fully saturated rings. The van der Waals surface area contributed by atoms with E-state index in [1.807, 2.05) is 13.8 Å². The second kappa shape index (κ2) is 5.54. The third kappa shape index (κ3) is 2.69. The fraction of sp³-hybridized carbons (Fsp3) is 0.417. The third-order valence-corrected chi connectivity index (χ3v) is 3.20. The summed E-state index contributed by atoms with van der Waals surface area (Å²) in [6, 6.07) is 0. The van der Waals surface area contributed by atoms with Gasteiger partial charge in [0.25, 0.3) is 0 Å². The fourth-order valence-corrected chi connectivity index (χ4v) is 1.93. The van der Waals surface area contributed by atoms with E-state index in [-0.39, 0.29) is 0 Å². The van der Waals surface area contributed by atoms with Crippen molar-refractivity contribution in [1.82, 2.24) is 19.7 Å². The molecule has 0 bridgehead atoms. The van der Waals surface area contributed by atoms with Crippen LogP contribution >= 0.6 is 11.6 Å². The highest BCUT2D eigenvalue weighted by Gasteiger charge is 2.13. The Morgan fingerprint density at radius 2 is 2.11 bits per heavy atom. The van der Waals surface area contributed by atoms with Gasteiger partial charge in [-0.05, 0) is 20.3 Å². The van der Waals surface area contributed by atoms with Crippen LogP contribution in [0.3, 0.4) is 0 Å². The van der Waals surface area contributed by atoms with Crippen LogP contribution in [0.1, 0.15) is 30.4 Å². The number of hydrazine groups is 1. The number of rotatable bonds is 4. The maximum absolute atomic E-state index is 6.04. The SMILES string of the molecule is CCCc1nc(NN)c(C)c(-n2cc(Cl)c(C)n2)n1. The van der Waals surface area contributed by atoms with Crippen LogP contribution in [-0.4, -0.2) is 19.7 Å². The van der Waals surface area contributed by atoms with Crippen LogP contribution in [-0.2, 0) is 6.42 Å². The zero-order chi connectivity index (χ0) is 14.0. The Morgan fingerprint density at radius 3 is 2.63 bits per heavy atom. The largest absolute Gasteiger partial charge is 0.308 e. The van der Waals surface area contributed by atoms with Crippen molar-refractivity contribution in [3.8, 4) is 5.82 Å². The van der Waals surface area contributed by atoms with Crippen molar-refractivity contribution >= 4 is 17.4 Å². The van der Waals surface area contributed by atoms with Gasteiger partial charge in [-0.2, -0.15) is 5.10 Å². The molecule has 7 heteroatoms. The Kier molecular flexibility index (Phi) is 4.01. The average molecular weight is 281 g/mol. The minimum Gasteiger partial charge on any atom is -0.308 e. The molecule has 2 aromatic heterocycles. The number of aromatic nitrogens is 4. The number of nitrogens with two attached hydrogens (primary N) is 1. The lowest BCUT2D eigenvalue weighted by Crippen LogP contribution is -2.15. The van der Waals surface area contributed by atoms with Gasteiger partial charge < -0.3 is 5.43 Å². The second-order valence-corrected chi connectivity index (χ2v) is 4.75. The molecule has 0 aliphatic heterocycles.